The molecule has 1 fully saturated rings. The van der Waals surface area contributed by atoms with Gasteiger partial charge in [0, 0.05) is 31.0 Å². The average molecular weight is 287 g/mol. The molecule has 7 nitrogen and oxygen atoms in total. The Kier molecular flexibility index (Phi) is 3.52. The summed E-state index contributed by atoms with van der Waals surface area (Å²) in [4.78, 5) is 28.9. The van der Waals surface area contributed by atoms with Crippen LogP contribution in [0.5, 0.6) is 0 Å². The molecule has 0 saturated carbocycles. The number of ketones is 1. The molecule has 3 heterocycles. The smallest absolute Gasteiger partial charge is 0.259 e. The van der Waals surface area contributed by atoms with Gasteiger partial charge in [-0.3, -0.25) is 20.0 Å². The molecule has 1 aromatic heterocycles. The summed E-state index contributed by atoms with van der Waals surface area (Å²) in [5.74, 6) is -1.27. The fourth-order valence-corrected chi connectivity index (χ4v) is 2.68. The van der Waals surface area contributed by atoms with Gasteiger partial charge in [0.25, 0.3) is 5.91 Å². The van der Waals surface area contributed by atoms with Crippen LogP contribution in [-0.2, 0) is 9.59 Å². The topological polar surface area (TPSA) is 86.7 Å². The number of Topliss-reactive ketones (excluding diaryl/α,β-unsaturated/α-hetero) is 1. The third-order valence-electron chi connectivity index (χ3n) is 3.79. The van der Waals surface area contributed by atoms with Gasteiger partial charge in [-0.1, -0.05) is 0 Å². The minimum absolute atomic E-state index is 0.142. The molecule has 2 N–H and O–H groups in total. The predicted octanol–water partition coefficient (Wildman–Crippen LogP) is -0.302. The first-order valence-electron chi connectivity index (χ1n) is 6.89. The molecule has 3 rings (SSSR count). The molecule has 3 atom stereocenters. The van der Waals surface area contributed by atoms with E-state index in [1.165, 1.54) is 5.01 Å². The Morgan fingerprint density at radius 1 is 1.33 bits per heavy atom. The zero-order valence-corrected chi connectivity index (χ0v) is 11.9. The largest absolute Gasteiger partial charge is 0.297 e. The van der Waals surface area contributed by atoms with Gasteiger partial charge >= 0.3 is 0 Å². The van der Waals surface area contributed by atoms with E-state index in [2.05, 4.69) is 20.9 Å². The standard InChI is InChI=1S/C14H17N5O2/c1-8-7-10(17-16-8)13(20)11-12(18-19(2)14(11)21)9-3-5-15-6-4-9/h3-6,8,10-11,16-17H,7H2,1-2H3. The molecule has 3 unspecified atom stereocenters. The van der Waals surface area contributed by atoms with Crippen molar-refractivity contribution in [3.05, 3.63) is 30.1 Å². The third-order valence-corrected chi connectivity index (χ3v) is 3.79. The lowest BCUT2D eigenvalue weighted by Crippen LogP contribution is -2.44. The molecule has 7 heteroatoms. The fourth-order valence-electron chi connectivity index (χ4n) is 2.68. The zero-order valence-electron chi connectivity index (χ0n) is 11.9. The SMILES string of the molecule is CC1CC(C(=O)C2C(=O)N(C)N=C2c2ccncc2)NN1. The molecule has 1 amide bonds. The highest BCUT2D eigenvalue weighted by molar-refractivity contribution is 6.28. The van der Waals surface area contributed by atoms with Crippen LogP contribution in [0.3, 0.4) is 0 Å². The van der Waals surface area contributed by atoms with Gasteiger partial charge in [0.15, 0.2) is 5.78 Å². The second-order valence-electron chi connectivity index (χ2n) is 5.40. The van der Waals surface area contributed by atoms with E-state index in [4.69, 9.17) is 0 Å². The Hall–Kier alpha value is -2.12. The maximum Gasteiger partial charge on any atom is 0.259 e. The normalized spacial score (nSPS) is 28.9. The molecule has 0 bridgehead atoms. The molecule has 110 valence electrons. The summed E-state index contributed by atoms with van der Waals surface area (Å²) in [7, 11) is 1.57. The molecule has 0 radical (unpaired) electrons. The quantitative estimate of drug-likeness (QED) is 0.745. The second-order valence-corrected chi connectivity index (χ2v) is 5.40. The van der Waals surface area contributed by atoms with Crippen LogP contribution < -0.4 is 10.9 Å². The van der Waals surface area contributed by atoms with Crippen LogP contribution in [0.2, 0.25) is 0 Å². The summed E-state index contributed by atoms with van der Waals surface area (Å²) < 4.78 is 0. The minimum atomic E-state index is -0.845. The van der Waals surface area contributed by atoms with E-state index >= 15 is 0 Å². The van der Waals surface area contributed by atoms with Crippen molar-refractivity contribution < 1.29 is 9.59 Å². The Bertz CT molecular complexity index is 601. The number of hydrogen-bond donors (Lipinski definition) is 2. The van der Waals surface area contributed by atoms with Gasteiger partial charge in [0.05, 0.1) is 11.8 Å². The Morgan fingerprint density at radius 3 is 2.67 bits per heavy atom. The van der Waals surface area contributed by atoms with Crippen molar-refractivity contribution in [1.82, 2.24) is 20.8 Å². The van der Waals surface area contributed by atoms with E-state index in [0.717, 1.165) is 5.56 Å². The number of carbonyl (C=O) groups excluding carboxylic acids is 2. The van der Waals surface area contributed by atoms with E-state index in [9.17, 15) is 9.59 Å². The van der Waals surface area contributed by atoms with Gasteiger partial charge in [0.2, 0.25) is 0 Å². The van der Waals surface area contributed by atoms with Crippen molar-refractivity contribution in [3.8, 4) is 0 Å². The molecule has 0 aliphatic carbocycles. The molecular formula is C14H17N5O2. The second kappa shape index (κ2) is 5.34. The number of nitrogens with one attached hydrogen (secondary N) is 2. The van der Waals surface area contributed by atoms with Gasteiger partial charge in [-0.15, -0.1) is 0 Å². The van der Waals surface area contributed by atoms with E-state index in [1.54, 1.807) is 31.6 Å². The molecular weight excluding hydrogens is 270 g/mol. The summed E-state index contributed by atoms with van der Waals surface area (Å²) >= 11 is 0. The van der Waals surface area contributed by atoms with Crippen molar-refractivity contribution in [1.29, 1.82) is 0 Å². The zero-order chi connectivity index (χ0) is 15.0. The maximum absolute atomic E-state index is 12.7. The first kappa shape index (κ1) is 13.8. The molecule has 0 spiro atoms. The van der Waals surface area contributed by atoms with Gasteiger partial charge in [-0.2, -0.15) is 5.10 Å². The Balaban J connectivity index is 1.90. The van der Waals surface area contributed by atoms with Crippen LogP contribution in [0.4, 0.5) is 0 Å². The molecule has 1 aromatic rings. The summed E-state index contributed by atoms with van der Waals surface area (Å²) in [6.45, 7) is 1.99. The monoisotopic (exact) mass is 287 g/mol. The number of nitrogens with zero attached hydrogens (tertiary/aromatic N) is 3. The number of aromatic nitrogens is 1. The summed E-state index contributed by atoms with van der Waals surface area (Å²) in [6.07, 6.45) is 3.91. The molecule has 21 heavy (non-hydrogen) atoms. The number of hydrogen-bond acceptors (Lipinski definition) is 6. The number of pyridine rings is 1. The highest BCUT2D eigenvalue weighted by Crippen LogP contribution is 2.23. The molecule has 2 aliphatic heterocycles. The number of hydrazine groups is 1. The lowest BCUT2D eigenvalue weighted by atomic mass is 9.88. The van der Waals surface area contributed by atoms with Crippen molar-refractivity contribution in [2.75, 3.05) is 7.05 Å². The molecule has 1 saturated heterocycles. The van der Waals surface area contributed by atoms with E-state index < -0.39 is 5.92 Å². The minimum Gasteiger partial charge on any atom is -0.297 e. The highest BCUT2D eigenvalue weighted by Gasteiger charge is 2.44. The maximum atomic E-state index is 12.7. The van der Waals surface area contributed by atoms with Crippen LogP contribution in [0.25, 0.3) is 0 Å². The van der Waals surface area contributed by atoms with Crippen LogP contribution in [-0.4, -0.2) is 46.5 Å². The van der Waals surface area contributed by atoms with Crippen LogP contribution in [0.15, 0.2) is 29.6 Å². The Morgan fingerprint density at radius 2 is 2.05 bits per heavy atom. The van der Waals surface area contributed by atoms with Gasteiger partial charge in [-0.25, -0.2) is 10.4 Å². The van der Waals surface area contributed by atoms with Crippen LogP contribution >= 0.6 is 0 Å². The highest BCUT2D eigenvalue weighted by atomic mass is 16.2. The lowest BCUT2D eigenvalue weighted by Gasteiger charge is -2.15. The molecule has 2 aliphatic rings. The van der Waals surface area contributed by atoms with Gasteiger partial charge < -0.3 is 0 Å². The van der Waals surface area contributed by atoms with Crippen LogP contribution in [0, 0.1) is 5.92 Å². The van der Waals surface area contributed by atoms with E-state index in [-0.39, 0.29) is 23.8 Å². The first-order chi connectivity index (χ1) is 10.1. The summed E-state index contributed by atoms with van der Waals surface area (Å²) in [5, 5.41) is 5.48. The average Bonchev–Trinajstić information content (AvgIpc) is 3.04. The third kappa shape index (κ3) is 2.45. The van der Waals surface area contributed by atoms with Crippen molar-refractivity contribution >= 4 is 17.4 Å². The first-order valence-corrected chi connectivity index (χ1v) is 6.89. The van der Waals surface area contributed by atoms with Crippen LogP contribution in [0.1, 0.15) is 18.9 Å². The van der Waals surface area contributed by atoms with E-state index in [1.807, 2.05) is 6.92 Å². The summed E-state index contributed by atoms with van der Waals surface area (Å²) in [6, 6.07) is 3.35. The number of hydrazone groups is 1. The van der Waals surface area contributed by atoms with Crippen molar-refractivity contribution in [2.24, 2.45) is 11.0 Å². The predicted molar refractivity (Wildman–Crippen MR) is 76.2 cm³/mol. The molecule has 0 aromatic carbocycles. The van der Waals surface area contributed by atoms with Gasteiger partial charge in [-0.05, 0) is 25.5 Å². The summed E-state index contributed by atoms with van der Waals surface area (Å²) in [5.41, 5.74) is 7.21. The number of carbonyl (C=O) groups is 2. The van der Waals surface area contributed by atoms with Gasteiger partial charge in [0.1, 0.15) is 5.92 Å². The van der Waals surface area contributed by atoms with E-state index in [0.29, 0.717) is 12.1 Å². The fraction of sp³-hybridized carbons (Fsp3) is 0.429. The Labute approximate surface area is 122 Å². The number of rotatable bonds is 3. The van der Waals surface area contributed by atoms with Crippen molar-refractivity contribution in [3.63, 3.8) is 0 Å². The lowest BCUT2D eigenvalue weighted by molar-refractivity contribution is -0.136. The number of amides is 1. The van der Waals surface area contributed by atoms with Crippen molar-refractivity contribution in [2.45, 2.75) is 25.4 Å².